The fourth-order valence-corrected chi connectivity index (χ4v) is 3.52. The number of ether oxygens (including phenoxy) is 1. The van der Waals surface area contributed by atoms with Gasteiger partial charge in [0.2, 0.25) is 0 Å². The third-order valence-corrected chi connectivity index (χ3v) is 4.47. The highest BCUT2D eigenvalue weighted by Gasteiger charge is 2.19. The largest absolute Gasteiger partial charge is 0.461 e. The maximum atomic E-state index is 12.2. The molecule has 0 radical (unpaired) electrons. The van der Waals surface area contributed by atoms with Crippen LogP contribution < -0.4 is 0 Å². The first-order chi connectivity index (χ1) is 10.7. The first-order valence-corrected chi connectivity index (χ1v) is 8.03. The number of aromatic nitrogens is 1. The first kappa shape index (κ1) is 14.7. The summed E-state index contributed by atoms with van der Waals surface area (Å²) in [6.45, 7) is 4.24. The van der Waals surface area contributed by atoms with E-state index in [-0.39, 0.29) is 5.97 Å². The van der Waals surface area contributed by atoms with E-state index < -0.39 is 0 Å². The Morgan fingerprint density at radius 1 is 1.18 bits per heavy atom. The molecule has 2 aromatic carbocycles. The second kappa shape index (κ2) is 6.28. The minimum Gasteiger partial charge on any atom is -0.461 e. The normalized spacial score (nSPS) is 10.8. The highest BCUT2D eigenvalue weighted by atomic mass is 32.2. The van der Waals surface area contributed by atoms with E-state index >= 15 is 0 Å². The number of nitrogens with one attached hydrogen (secondary N) is 1. The summed E-state index contributed by atoms with van der Waals surface area (Å²) in [5.41, 5.74) is 2.66. The summed E-state index contributed by atoms with van der Waals surface area (Å²) in [7, 11) is 0. The number of fused-ring (bicyclic) bond motifs is 1. The standard InChI is InChI=1S/C18H17NO2S/c1-3-21-18(20)16-17(14-9-4-5-10-15(14)19-16)22-13-8-6-7-12(2)11-13/h4-11,19H,3H2,1-2H3. The van der Waals surface area contributed by atoms with Crippen LogP contribution in [0, 0.1) is 6.92 Å². The van der Waals surface area contributed by atoms with Crippen LogP contribution in [0.4, 0.5) is 0 Å². The second-order valence-corrected chi connectivity index (χ2v) is 6.10. The molecule has 0 aliphatic heterocycles. The van der Waals surface area contributed by atoms with E-state index in [9.17, 15) is 4.79 Å². The van der Waals surface area contributed by atoms with Crippen LogP contribution in [-0.2, 0) is 4.74 Å². The highest BCUT2D eigenvalue weighted by molar-refractivity contribution is 7.99. The zero-order valence-electron chi connectivity index (χ0n) is 12.6. The molecule has 0 unspecified atom stereocenters. The smallest absolute Gasteiger partial charge is 0.355 e. The van der Waals surface area contributed by atoms with Gasteiger partial charge < -0.3 is 9.72 Å². The number of aromatic amines is 1. The zero-order chi connectivity index (χ0) is 15.5. The fourth-order valence-electron chi connectivity index (χ4n) is 2.37. The quantitative estimate of drug-likeness (QED) is 0.703. The summed E-state index contributed by atoms with van der Waals surface area (Å²) in [5.74, 6) is -0.311. The number of esters is 1. The summed E-state index contributed by atoms with van der Waals surface area (Å²) in [6, 6.07) is 16.2. The number of H-pyrrole nitrogens is 1. The van der Waals surface area contributed by atoms with Gasteiger partial charge in [-0.3, -0.25) is 0 Å². The van der Waals surface area contributed by atoms with Crippen molar-refractivity contribution in [2.24, 2.45) is 0 Å². The molecule has 1 heterocycles. The molecule has 3 aromatic rings. The maximum absolute atomic E-state index is 12.2. The predicted octanol–water partition coefficient (Wildman–Crippen LogP) is 4.80. The zero-order valence-corrected chi connectivity index (χ0v) is 13.4. The van der Waals surface area contributed by atoms with Crippen LogP contribution in [0.25, 0.3) is 10.9 Å². The summed E-state index contributed by atoms with van der Waals surface area (Å²) < 4.78 is 5.18. The molecule has 0 saturated carbocycles. The Balaban J connectivity index is 2.09. The van der Waals surface area contributed by atoms with Gasteiger partial charge in [0.1, 0.15) is 5.69 Å². The number of rotatable bonds is 4. The van der Waals surface area contributed by atoms with Gasteiger partial charge in [0, 0.05) is 15.8 Å². The molecule has 1 aromatic heterocycles. The molecule has 0 saturated heterocycles. The molecular weight excluding hydrogens is 294 g/mol. The van der Waals surface area contributed by atoms with Crippen molar-refractivity contribution in [3.05, 3.63) is 59.8 Å². The van der Waals surface area contributed by atoms with Crippen LogP contribution >= 0.6 is 11.8 Å². The van der Waals surface area contributed by atoms with Crippen molar-refractivity contribution < 1.29 is 9.53 Å². The molecule has 1 N–H and O–H groups in total. The average Bonchev–Trinajstić information content (AvgIpc) is 2.87. The number of carbonyl (C=O) groups is 1. The topological polar surface area (TPSA) is 42.1 Å². The molecule has 0 amide bonds. The predicted molar refractivity (Wildman–Crippen MR) is 89.6 cm³/mol. The third kappa shape index (κ3) is 2.88. The van der Waals surface area contributed by atoms with Crippen molar-refractivity contribution in [1.29, 1.82) is 0 Å². The first-order valence-electron chi connectivity index (χ1n) is 7.21. The van der Waals surface area contributed by atoms with Gasteiger partial charge in [0.25, 0.3) is 0 Å². The van der Waals surface area contributed by atoms with Gasteiger partial charge in [0.05, 0.1) is 11.5 Å². The van der Waals surface area contributed by atoms with Crippen molar-refractivity contribution in [3.63, 3.8) is 0 Å². The van der Waals surface area contributed by atoms with Crippen molar-refractivity contribution >= 4 is 28.6 Å². The van der Waals surface area contributed by atoms with Crippen molar-refractivity contribution in [2.45, 2.75) is 23.6 Å². The highest BCUT2D eigenvalue weighted by Crippen LogP contribution is 2.37. The molecule has 0 spiro atoms. The molecule has 3 nitrogen and oxygen atoms in total. The van der Waals surface area contributed by atoms with E-state index in [0.29, 0.717) is 12.3 Å². The van der Waals surface area contributed by atoms with E-state index in [1.54, 1.807) is 11.8 Å². The van der Waals surface area contributed by atoms with Gasteiger partial charge in [0.15, 0.2) is 0 Å². The van der Waals surface area contributed by atoms with Gasteiger partial charge in [-0.25, -0.2) is 4.79 Å². The Morgan fingerprint density at radius 2 is 2.00 bits per heavy atom. The summed E-state index contributed by atoms with van der Waals surface area (Å²) >= 11 is 1.59. The van der Waals surface area contributed by atoms with Crippen LogP contribution in [0.2, 0.25) is 0 Å². The monoisotopic (exact) mass is 311 g/mol. The molecule has 3 rings (SSSR count). The van der Waals surface area contributed by atoms with Crippen molar-refractivity contribution in [1.82, 2.24) is 4.98 Å². The van der Waals surface area contributed by atoms with Crippen molar-refractivity contribution in [3.8, 4) is 0 Å². The number of carbonyl (C=O) groups excluding carboxylic acids is 1. The lowest BCUT2D eigenvalue weighted by Crippen LogP contribution is -2.06. The summed E-state index contributed by atoms with van der Waals surface area (Å²) in [6.07, 6.45) is 0. The average molecular weight is 311 g/mol. The number of para-hydroxylation sites is 1. The van der Waals surface area contributed by atoms with E-state index in [1.807, 2.05) is 43.3 Å². The van der Waals surface area contributed by atoms with Crippen LogP contribution in [0.3, 0.4) is 0 Å². The molecule has 0 aliphatic carbocycles. The van der Waals surface area contributed by atoms with Gasteiger partial charge in [-0.05, 0) is 32.0 Å². The van der Waals surface area contributed by atoms with Gasteiger partial charge in [-0.15, -0.1) is 0 Å². The lowest BCUT2D eigenvalue weighted by atomic mass is 10.2. The fraction of sp³-hybridized carbons (Fsp3) is 0.167. The van der Waals surface area contributed by atoms with Crippen LogP contribution in [0.5, 0.6) is 0 Å². The Hall–Kier alpha value is -2.20. The Kier molecular flexibility index (Phi) is 4.20. The molecule has 0 fully saturated rings. The van der Waals surface area contributed by atoms with Gasteiger partial charge >= 0.3 is 5.97 Å². The number of hydrogen-bond donors (Lipinski definition) is 1. The Labute approximate surface area is 133 Å². The third-order valence-electron chi connectivity index (χ3n) is 3.35. The van der Waals surface area contributed by atoms with Gasteiger partial charge in [-0.2, -0.15) is 0 Å². The van der Waals surface area contributed by atoms with E-state index in [2.05, 4.69) is 24.0 Å². The molecule has 4 heteroatoms. The molecule has 0 bridgehead atoms. The lowest BCUT2D eigenvalue weighted by molar-refractivity contribution is 0.0516. The molecular formula is C18H17NO2S. The maximum Gasteiger partial charge on any atom is 0.355 e. The molecule has 112 valence electrons. The number of hydrogen-bond acceptors (Lipinski definition) is 3. The Morgan fingerprint density at radius 3 is 2.77 bits per heavy atom. The second-order valence-electron chi connectivity index (χ2n) is 5.01. The van der Waals surface area contributed by atoms with E-state index in [1.165, 1.54) is 5.56 Å². The van der Waals surface area contributed by atoms with Gasteiger partial charge in [-0.1, -0.05) is 47.7 Å². The number of aryl methyl sites for hydroxylation is 1. The number of benzene rings is 2. The molecule has 0 atom stereocenters. The SMILES string of the molecule is CCOC(=O)c1[nH]c2ccccc2c1Sc1cccc(C)c1. The van der Waals surface area contributed by atoms with Crippen LogP contribution in [0.1, 0.15) is 23.0 Å². The summed E-state index contributed by atoms with van der Waals surface area (Å²) in [4.78, 5) is 17.4. The van der Waals surface area contributed by atoms with Crippen LogP contribution in [0.15, 0.2) is 58.3 Å². The minimum atomic E-state index is -0.311. The summed E-state index contributed by atoms with van der Waals surface area (Å²) in [5, 5.41) is 1.04. The Bertz CT molecular complexity index is 823. The van der Waals surface area contributed by atoms with Crippen LogP contribution in [-0.4, -0.2) is 17.6 Å². The van der Waals surface area contributed by atoms with E-state index in [4.69, 9.17) is 4.74 Å². The minimum absolute atomic E-state index is 0.311. The molecule has 22 heavy (non-hydrogen) atoms. The lowest BCUT2D eigenvalue weighted by Gasteiger charge is -2.05. The van der Waals surface area contributed by atoms with Crippen molar-refractivity contribution in [2.75, 3.05) is 6.61 Å². The van der Waals surface area contributed by atoms with E-state index in [0.717, 1.165) is 20.7 Å². The molecule has 0 aliphatic rings.